The molecule has 18 heavy (non-hydrogen) atoms. The van der Waals surface area contributed by atoms with Crippen LogP contribution < -0.4 is 5.32 Å². The number of carboxylic acid groups (broad SMARTS) is 1. The molecule has 0 bridgehead atoms. The number of carbonyl (C=O) groups excluding carboxylic acids is 1. The lowest BCUT2D eigenvalue weighted by molar-refractivity contribution is -0.152. The van der Waals surface area contributed by atoms with Gasteiger partial charge in [0, 0.05) is 6.04 Å². The van der Waals surface area contributed by atoms with Crippen LogP contribution >= 0.6 is 0 Å². The van der Waals surface area contributed by atoms with Crippen molar-refractivity contribution in [3.8, 4) is 0 Å². The van der Waals surface area contributed by atoms with Crippen molar-refractivity contribution in [2.75, 3.05) is 19.6 Å². The van der Waals surface area contributed by atoms with E-state index in [1.165, 1.54) is 0 Å². The van der Waals surface area contributed by atoms with Crippen LogP contribution in [0.1, 0.15) is 40.0 Å². The minimum absolute atomic E-state index is 0.0179. The van der Waals surface area contributed by atoms with Crippen LogP contribution in [0, 0.1) is 5.41 Å². The van der Waals surface area contributed by atoms with E-state index in [1.807, 2.05) is 25.7 Å². The van der Waals surface area contributed by atoms with Crippen molar-refractivity contribution >= 4 is 11.9 Å². The molecule has 1 saturated heterocycles. The predicted molar refractivity (Wildman–Crippen MR) is 69.3 cm³/mol. The lowest BCUT2D eigenvalue weighted by Gasteiger charge is -2.38. The summed E-state index contributed by atoms with van der Waals surface area (Å²) in [5.74, 6) is -0.680. The maximum absolute atomic E-state index is 11.6. The fourth-order valence-electron chi connectivity index (χ4n) is 2.43. The Labute approximate surface area is 109 Å². The van der Waals surface area contributed by atoms with Gasteiger partial charge in [0.1, 0.15) is 0 Å². The van der Waals surface area contributed by atoms with Crippen LogP contribution in [0.25, 0.3) is 0 Å². The van der Waals surface area contributed by atoms with Gasteiger partial charge in [-0.05, 0) is 46.2 Å². The summed E-state index contributed by atoms with van der Waals surface area (Å²) in [5.41, 5.74) is -0.578. The number of hydrogen-bond acceptors (Lipinski definition) is 3. The minimum atomic E-state index is -0.698. The van der Waals surface area contributed by atoms with Gasteiger partial charge in [-0.3, -0.25) is 14.5 Å². The zero-order valence-electron chi connectivity index (χ0n) is 11.5. The number of aliphatic carboxylic acids is 1. The third kappa shape index (κ3) is 3.70. The van der Waals surface area contributed by atoms with E-state index in [9.17, 15) is 14.7 Å². The van der Waals surface area contributed by atoms with Gasteiger partial charge in [0.2, 0.25) is 5.91 Å². The Morgan fingerprint density at radius 1 is 1.33 bits per heavy atom. The lowest BCUT2D eigenvalue weighted by atomic mass is 9.76. The number of carbonyl (C=O) groups is 2. The highest BCUT2D eigenvalue weighted by Gasteiger charge is 2.39. The second-order valence-corrected chi connectivity index (χ2v) is 5.44. The summed E-state index contributed by atoms with van der Waals surface area (Å²) < 4.78 is 0. The average molecular weight is 256 g/mol. The molecule has 0 aliphatic carbocycles. The molecule has 2 N–H and O–H groups in total. The van der Waals surface area contributed by atoms with Gasteiger partial charge in [-0.25, -0.2) is 0 Å². The van der Waals surface area contributed by atoms with Crippen molar-refractivity contribution in [3.63, 3.8) is 0 Å². The van der Waals surface area contributed by atoms with Crippen molar-refractivity contribution in [2.24, 2.45) is 5.41 Å². The molecule has 104 valence electrons. The second kappa shape index (κ2) is 6.18. The lowest BCUT2D eigenvalue weighted by Crippen LogP contribution is -2.48. The van der Waals surface area contributed by atoms with Gasteiger partial charge >= 0.3 is 5.97 Å². The number of rotatable bonds is 5. The van der Waals surface area contributed by atoms with Crippen molar-refractivity contribution < 1.29 is 14.7 Å². The third-order valence-electron chi connectivity index (χ3n) is 3.76. The molecule has 1 fully saturated rings. The molecule has 0 aromatic heterocycles. The van der Waals surface area contributed by atoms with E-state index in [-0.39, 0.29) is 11.9 Å². The first-order chi connectivity index (χ1) is 8.39. The minimum Gasteiger partial charge on any atom is -0.481 e. The van der Waals surface area contributed by atoms with E-state index in [0.29, 0.717) is 38.9 Å². The van der Waals surface area contributed by atoms with E-state index < -0.39 is 11.4 Å². The molecule has 1 heterocycles. The molecule has 1 aliphatic heterocycles. The number of nitrogens with zero attached hydrogens (tertiary/aromatic N) is 1. The molecule has 0 aromatic rings. The van der Waals surface area contributed by atoms with Crippen LogP contribution in [0.15, 0.2) is 0 Å². The maximum atomic E-state index is 11.6. The van der Waals surface area contributed by atoms with E-state index in [4.69, 9.17) is 0 Å². The summed E-state index contributed by atoms with van der Waals surface area (Å²) in [6, 6.07) is 0.149. The number of carboxylic acids is 1. The Morgan fingerprint density at radius 3 is 2.28 bits per heavy atom. The quantitative estimate of drug-likeness (QED) is 0.772. The van der Waals surface area contributed by atoms with Gasteiger partial charge in [-0.2, -0.15) is 0 Å². The molecule has 0 saturated carbocycles. The molecule has 0 spiro atoms. The molecule has 0 radical (unpaired) electrons. The van der Waals surface area contributed by atoms with Gasteiger partial charge in [0.05, 0.1) is 12.0 Å². The van der Waals surface area contributed by atoms with Gasteiger partial charge in [-0.15, -0.1) is 0 Å². The largest absolute Gasteiger partial charge is 0.481 e. The topological polar surface area (TPSA) is 69.6 Å². The molecule has 1 rings (SSSR count). The van der Waals surface area contributed by atoms with Crippen LogP contribution in [-0.2, 0) is 9.59 Å². The Bertz CT molecular complexity index is 307. The van der Waals surface area contributed by atoms with Crippen LogP contribution in [0.2, 0.25) is 0 Å². The standard InChI is InChI=1S/C13H24N2O3/c1-4-13(12(17)18)5-7-15(8-6-13)9-11(16)14-10(2)3/h10H,4-9H2,1-3H3,(H,14,16)(H,17,18). The first-order valence-corrected chi connectivity index (χ1v) is 6.65. The number of likely N-dealkylation sites (tertiary alicyclic amines) is 1. The first-order valence-electron chi connectivity index (χ1n) is 6.65. The van der Waals surface area contributed by atoms with E-state index >= 15 is 0 Å². The normalized spacial score (nSPS) is 19.8. The number of amides is 1. The van der Waals surface area contributed by atoms with E-state index in [2.05, 4.69) is 5.32 Å². The zero-order valence-corrected chi connectivity index (χ0v) is 11.5. The molecule has 5 nitrogen and oxygen atoms in total. The molecule has 0 atom stereocenters. The fourth-order valence-corrected chi connectivity index (χ4v) is 2.43. The SMILES string of the molecule is CCC1(C(=O)O)CCN(CC(=O)NC(C)C)CC1. The van der Waals surface area contributed by atoms with Crippen molar-refractivity contribution in [1.82, 2.24) is 10.2 Å². The molecular formula is C13H24N2O3. The number of piperidine rings is 1. The number of nitrogens with one attached hydrogen (secondary N) is 1. The van der Waals surface area contributed by atoms with E-state index in [1.54, 1.807) is 0 Å². The smallest absolute Gasteiger partial charge is 0.309 e. The van der Waals surface area contributed by atoms with Crippen LogP contribution in [0.5, 0.6) is 0 Å². The highest BCUT2D eigenvalue weighted by Crippen LogP contribution is 2.34. The molecule has 1 aliphatic rings. The Balaban J connectivity index is 2.44. The van der Waals surface area contributed by atoms with E-state index in [0.717, 1.165) is 0 Å². The van der Waals surface area contributed by atoms with Gasteiger partial charge in [0.15, 0.2) is 0 Å². The molecule has 1 amide bonds. The zero-order chi connectivity index (χ0) is 13.8. The molecule has 0 aromatic carbocycles. The van der Waals surface area contributed by atoms with Crippen molar-refractivity contribution in [3.05, 3.63) is 0 Å². The first kappa shape index (κ1) is 15.0. The van der Waals surface area contributed by atoms with Crippen LogP contribution in [0.4, 0.5) is 0 Å². The summed E-state index contributed by atoms with van der Waals surface area (Å²) in [6.45, 7) is 7.53. The third-order valence-corrected chi connectivity index (χ3v) is 3.76. The summed E-state index contributed by atoms with van der Waals surface area (Å²) >= 11 is 0. The average Bonchev–Trinajstić information content (AvgIpc) is 2.28. The molecule has 0 unspecified atom stereocenters. The van der Waals surface area contributed by atoms with Crippen LogP contribution in [-0.4, -0.2) is 47.6 Å². The molecular weight excluding hydrogens is 232 g/mol. The maximum Gasteiger partial charge on any atom is 0.309 e. The summed E-state index contributed by atoms with van der Waals surface area (Å²) in [4.78, 5) is 24.9. The Kier molecular flexibility index (Phi) is 5.14. The fraction of sp³-hybridized carbons (Fsp3) is 0.846. The van der Waals surface area contributed by atoms with Crippen LogP contribution in [0.3, 0.4) is 0 Å². The van der Waals surface area contributed by atoms with Gasteiger partial charge < -0.3 is 10.4 Å². The Morgan fingerprint density at radius 2 is 1.89 bits per heavy atom. The van der Waals surface area contributed by atoms with Crippen molar-refractivity contribution in [1.29, 1.82) is 0 Å². The highest BCUT2D eigenvalue weighted by molar-refractivity contribution is 5.78. The highest BCUT2D eigenvalue weighted by atomic mass is 16.4. The summed E-state index contributed by atoms with van der Waals surface area (Å²) in [5, 5.41) is 12.1. The van der Waals surface area contributed by atoms with Crippen molar-refractivity contribution in [2.45, 2.75) is 46.1 Å². The molecule has 5 heteroatoms. The van der Waals surface area contributed by atoms with Gasteiger partial charge in [-0.1, -0.05) is 6.92 Å². The predicted octanol–water partition coefficient (Wildman–Crippen LogP) is 1.09. The monoisotopic (exact) mass is 256 g/mol. The Hall–Kier alpha value is -1.10. The summed E-state index contributed by atoms with van der Waals surface area (Å²) in [6.07, 6.45) is 1.93. The second-order valence-electron chi connectivity index (χ2n) is 5.44. The van der Waals surface area contributed by atoms with Gasteiger partial charge in [0.25, 0.3) is 0 Å². The summed E-state index contributed by atoms with van der Waals surface area (Å²) in [7, 11) is 0. The number of hydrogen-bond donors (Lipinski definition) is 2.